The molecule has 0 saturated heterocycles. The molecular formula is C13H19BrClNO. The van der Waals surface area contributed by atoms with E-state index in [1.165, 1.54) is 0 Å². The lowest BCUT2D eigenvalue weighted by molar-refractivity contribution is 0.127. The molecule has 0 heterocycles. The van der Waals surface area contributed by atoms with Gasteiger partial charge in [0.05, 0.1) is 0 Å². The third-order valence-electron chi connectivity index (χ3n) is 2.48. The van der Waals surface area contributed by atoms with Gasteiger partial charge in [0.15, 0.2) is 0 Å². The second kappa shape index (κ2) is 8.09. The molecular weight excluding hydrogens is 302 g/mol. The molecule has 0 amide bonds. The minimum absolute atomic E-state index is 0.102. The van der Waals surface area contributed by atoms with E-state index in [9.17, 15) is 0 Å². The lowest BCUT2D eigenvalue weighted by Gasteiger charge is -2.13. The van der Waals surface area contributed by atoms with Crippen LogP contribution in [0.1, 0.15) is 25.3 Å². The van der Waals surface area contributed by atoms with Crippen molar-refractivity contribution in [3.8, 4) is 0 Å². The van der Waals surface area contributed by atoms with Crippen LogP contribution in [0.3, 0.4) is 0 Å². The monoisotopic (exact) mass is 319 g/mol. The van der Waals surface area contributed by atoms with E-state index < -0.39 is 0 Å². The summed E-state index contributed by atoms with van der Waals surface area (Å²) in [6, 6.07) is 6.00. The smallest absolute Gasteiger partial charge is 0.0480 e. The van der Waals surface area contributed by atoms with Crippen molar-refractivity contribution in [1.82, 2.24) is 0 Å². The Balaban J connectivity index is 2.37. The Kier molecular flexibility index (Phi) is 7.12. The summed E-state index contributed by atoms with van der Waals surface area (Å²) in [7, 11) is 0. The van der Waals surface area contributed by atoms with Gasteiger partial charge >= 0.3 is 0 Å². The van der Waals surface area contributed by atoms with Crippen molar-refractivity contribution in [1.29, 1.82) is 0 Å². The average Bonchev–Trinajstić information content (AvgIpc) is 2.28. The van der Waals surface area contributed by atoms with E-state index in [2.05, 4.69) is 22.9 Å². The molecule has 0 spiro atoms. The van der Waals surface area contributed by atoms with Crippen LogP contribution in [0.4, 0.5) is 0 Å². The van der Waals surface area contributed by atoms with Crippen molar-refractivity contribution in [2.24, 2.45) is 5.73 Å². The van der Waals surface area contributed by atoms with E-state index in [0.717, 1.165) is 47.5 Å². The van der Waals surface area contributed by atoms with Crippen LogP contribution in [0.15, 0.2) is 22.7 Å². The Morgan fingerprint density at radius 1 is 1.41 bits per heavy atom. The molecule has 1 unspecified atom stereocenters. The lowest BCUT2D eigenvalue weighted by Crippen LogP contribution is -2.24. The minimum atomic E-state index is 0.102. The summed E-state index contributed by atoms with van der Waals surface area (Å²) in [6.07, 6.45) is 2.71. The van der Waals surface area contributed by atoms with E-state index in [-0.39, 0.29) is 6.04 Å². The highest BCUT2D eigenvalue weighted by atomic mass is 79.9. The van der Waals surface area contributed by atoms with Crippen LogP contribution in [0.5, 0.6) is 0 Å². The summed E-state index contributed by atoms with van der Waals surface area (Å²) in [4.78, 5) is 0. The Labute approximate surface area is 117 Å². The topological polar surface area (TPSA) is 35.2 Å². The largest absolute Gasteiger partial charge is 0.381 e. The molecule has 2 nitrogen and oxygen atoms in total. The van der Waals surface area contributed by atoms with Gasteiger partial charge in [-0.25, -0.2) is 0 Å². The normalized spacial score (nSPS) is 12.7. The van der Waals surface area contributed by atoms with Crippen molar-refractivity contribution in [2.45, 2.75) is 32.2 Å². The number of halogens is 2. The van der Waals surface area contributed by atoms with Crippen LogP contribution < -0.4 is 5.73 Å². The molecule has 4 heteroatoms. The number of benzene rings is 1. The van der Waals surface area contributed by atoms with Gasteiger partial charge in [-0.05, 0) is 37.0 Å². The standard InChI is InChI=1S/C13H19BrClNO/c1-2-6-17-7-5-12(16)8-10-3-4-11(14)9-13(10)15/h3-4,9,12H,2,5-8,16H2,1H3. The molecule has 1 rings (SSSR count). The Hall–Kier alpha value is -0.0900. The molecule has 0 aliphatic carbocycles. The fourth-order valence-corrected chi connectivity index (χ4v) is 2.30. The fourth-order valence-electron chi connectivity index (χ4n) is 1.55. The van der Waals surface area contributed by atoms with Gasteiger partial charge in [0.2, 0.25) is 0 Å². The number of hydrogen-bond acceptors (Lipinski definition) is 2. The summed E-state index contributed by atoms with van der Waals surface area (Å²) < 4.78 is 6.41. The highest BCUT2D eigenvalue weighted by Crippen LogP contribution is 2.22. The van der Waals surface area contributed by atoms with E-state index in [4.69, 9.17) is 22.1 Å². The molecule has 0 aliphatic rings. The van der Waals surface area contributed by atoms with E-state index >= 15 is 0 Å². The molecule has 1 atom stereocenters. The molecule has 0 bridgehead atoms. The maximum atomic E-state index is 6.14. The number of hydrogen-bond donors (Lipinski definition) is 1. The number of ether oxygens (including phenoxy) is 1. The third kappa shape index (κ3) is 5.87. The molecule has 0 fully saturated rings. The van der Waals surface area contributed by atoms with Gasteiger partial charge in [-0.15, -0.1) is 0 Å². The molecule has 1 aromatic rings. The maximum absolute atomic E-state index is 6.14. The highest BCUT2D eigenvalue weighted by molar-refractivity contribution is 9.10. The van der Waals surface area contributed by atoms with Crippen LogP contribution in [0.25, 0.3) is 0 Å². The zero-order valence-electron chi connectivity index (χ0n) is 10.1. The summed E-state index contributed by atoms with van der Waals surface area (Å²) in [5.74, 6) is 0. The van der Waals surface area contributed by atoms with Crippen LogP contribution in [-0.2, 0) is 11.2 Å². The zero-order chi connectivity index (χ0) is 12.7. The van der Waals surface area contributed by atoms with Crippen molar-refractivity contribution in [3.05, 3.63) is 33.3 Å². The molecule has 17 heavy (non-hydrogen) atoms. The zero-order valence-corrected chi connectivity index (χ0v) is 12.4. The van der Waals surface area contributed by atoms with Crippen LogP contribution in [0.2, 0.25) is 5.02 Å². The molecule has 1 aromatic carbocycles. The highest BCUT2D eigenvalue weighted by Gasteiger charge is 2.07. The van der Waals surface area contributed by atoms with Crippen molar-refractivity contribution in [3.63, 3.8) is 0 Å². The van der Waals surface area contributed by atoms with Gasteiger partial charge in [0.1, 0.15) is 0 Å². The molecule has 0 radical (unpaired) electrons. The van der Waals surface area contributed by atoms with Gasteiger partial charge in [-0.1, -0.05) is 40.5 Å². The summed E-state index contributed by atoms with van der Waals surface area (Å²) >= 11 is 9.53. The van der Waals surface area contributed by atoms with Gasteiger partial charge in [0.25, 0.3) is 0 Å². The second-order valence-electron chi connectivity index (χ2n) is 4.10. The Bertz CT molecular complexity index is 346. The summed E-state index contributed by atoms with van der Waals surface area (Å²) in [5, 5.41) is 0.768. The van der Waals surface area contributed by atoms with Crippen LogP contribution >= 0.6 is 27.5 Å². The first kappa shape index (κ1) is 15.0. The first-order valence-electron chi connectivity index (χ1n) is 5.90. The summed E-state index contributed by atoms with van der Waals surface area (Å²) in [5.41, 5.74) is 7.14. The van der Waals surface area contributed by atoms with Gasteiger partial charge in [0, 0.05) is 28.8 Å². The molecule has 0 saturated carbocycles. The number of rotatable bonds is 7. The predicted octanol–water partition coefficient (Wildman–Crippen LogP) is 3.79. The predicted molar refractivity (Wildman–Crippen MR) is 76.6 cm³/mol. The molecule has 2 N–H and O–H groups in total. The Morgan fingerprint density at radius 3 is 2.82 bits per heavy atom. The van der Waals surface area contributed by atoms with Gasteiger partial charge in [-0.2, -0.15) is 0 Å². The van der Waals surface area contributed by atoms with Gasteiger partial charge < -0.3 is 10.5 Å². The van der Waals surface area contributed by atoms with E-state index in [1.54, 1.807) is 0 Å². The van der Waals surface area contributed by atoms with Gasteiger partial charge in [-0.3, -0.25) is 0 Å². The molecule has 96 valence electrons. The lowest BCUT2D eigenvalue weighted by atomic mass is 10.0. The number of nitrogens with two attached hydrogens (primary N) is 1. The summed E-state index contributed by atoms with van der Waals surface area (Å²) in [6.45, 7) is 3.64. The maximum Gasteiger partial charge on any atom is 0.0480 e. The quantitative estimate of drug-likeness (QED) is 0.776. The third-order valence-corrected chi connectivity index (χ3v) is 3.32. The van der Waals surface area contributed by atoms with Crippen molar-refractivity contribution in [2.75, 3.05) is 13.2 Å². The fraction of sp³-hybridized carbons (Fsp3) is 0.538. The van der Waals surface area contributed by atoms with E-state index in [1.807, 2.05) is 18.2 Å². The van der Waals surface area contributed by atoms with Crippen LogP contribution in [-0.4, -0.2) is 19.3 Å². The SMILES string of the molecule is CCCOCCC(N)Cc1ccc(Br)cc1Cl. The van der Waals surface area contributed by atoms with E-state index in [0.29, 0.717) is 0 Å². The van der Waals surface area contributed by atoms with Crippen molar-refractivity contribution < 1.29 is 4.74 Å². The second-order valence-corrected chi connectivity index (χ2v) is 5.42. The minimum Gasteiger partial charge on any atom is -0.381 e. The first-order chi connectivity index (χ1) is 8.13. The Morgan fingerprint density at radius 2 is 2.18 bits per heavy atom. The average molecular weight is 321 g/mol. The van der Waals surface area contributed by atoms with Crippen molar-refractivity contribution >= 4 is 27.5 Å². The van der Waals surface area contributed by atoms with Crippen LogP contribution in [0, 0.1) is 0 Å². The molecule has 0 aliphatic heterocycles. The first-order valence-corrected chi connectivity index (χ1v) is 7.07. The molecule has 0 aromatic heterocycles.